The molecule has 0 saturated heterocycles. The lowest BCUT2D eigenvalue weighted by Crippen LogP contribution is -2.40. The molecule has 1 fully saturated rings. The van der Waals surface area contributed by atoms with Crippen LogP contribution in [0.2, 0.25) is 0 Å². The second kappa shape index (κ2) is 6.74. The van der Waals surface area contributed by atoms with Gasteiger partial charge in [-0.25, -0.2) is 13.1 Å². The molecule has 0 heterocycles. The Balaban J connectivity index is 2.27. The molecule has 21 heavy (non-hydrogen) atoms. The summed E-state index contributed by atoms with van der Waals surface area (Å²) in [5.74, 6) is 0.303. The number of benzene rings is 1. The highest BCUT2D eigenvalue weighted by Gasteiger charge is 2.32. The number of methoxy groups -OCH3 is 2. The first-order valence-electron chi connectivity index (χ1n) is 6.94. The van der Waals surface area contributed by atoms with Crippen LogP contribution in [0.1, 0.15) is 24.8 Å². The monoisotopic (exact) mass is 314 g/mol. The van der Waals surface area contributed by atoms with Gasteiger partial charge in [0.05, 0.1) is 13.2 Å². The fourth-order valence-corrected chi connectivity index (χ4v) is 4.12. The van der Waals surface area contributed by atoms with Crippen molar-refractivity contribution < 1.29 is 17.9 Å². The zero-order valence-electron chi connectivity index (χ0n) is 12.3. The van der Waals surface area contributed by atoms with Gasteiger partial charge in [-0.3, -0.25) is 0 Å². The van der Waals surface area contributed by atoms with Crippen molar-refractivity contribution in [3.05, 3.63) is 23.8 Å². The first kappa shape index (κ1) is 16.2. The molecule has 1 aromatic rings. The quantitative estimate of drug-likeness (QED) is 0.817. The van der Waals surface area contributed by atoms with Crippen LogP contribution in [0.4, 0.5) is 0 Å². The summed E-state index contributed by atoms with van der Waals surface area (Å²) in [5, 5.41) is 0. The van der Waals surface area contributed by atoms with E-state index in [4.69, 9.17) is 15.2 Å². The summed E-state index contributed by atoms with van der Waals surface area (Å²) in [7, 11) is -0.599. The number of nitrogens with two attached hydrogens (primary N) is 1. The van der Waals surface area contributed by atoms with E-state index in [0.717, 1.165) is 24.8 Å². The van der Waals surface area contributed by atoms with Crippen molar-refractivity contribution in [2.45, 2.75) is 42.8 Å². The highest BCUT2D eigenvalue weighted by molar-refractivity contribution is 7.89. The van der Waals surface area contributed by atoms with Crippen LogP contribution in [0.3, 0.4) is 0 Å². The molecule has 1 aliphatic carbocycles. The first-order valence-corrected chi connectivity index (χ1v) is 8.42. The van der Waals surface area contributed by atoms with Crippen LogP contribution in [-0.4, -0.2) is 34.8 Å². The minimum Gasteiger partial charge on any atom is -0.495 e. The van der Waals surface area contributed by atoms with E-state index in [2.05, 4.69) is 4.72 Å². The Hall–Kier alpha value is -1.15. The van der Waals surface area contributed by atoms with Gasteiger partial charge in [0.2, 0.25) is 10.0 Å². The maximum atomic E-state index is 12.6. The average Bonchev–Trinajstić information content (AvgIpc) is 2.92. The van der Waals surface area contributed by atoms with Crippen molar-refractivity contribution in [3.63, 3.8) is 0 Å². The summed E-state index contributed by atoms with van der Waals surface area (Å²) >= 11 is 0. The van der Waals surface area contributed by atoms with Crippen molar-refractivity contribution in [2.24, 2.45) is 5.73 Å². The smallest absolute Gasteiger partial charge is 0.244 e. The van der Waals surface area contributed by atoms with Gasteiger partial charge < -0.3 is 15.2 Å². The zero-order valence-corrected chi connectivity index (χ0v) is 13.2. The molecule has 1 aliphatic rings. The molecule has 0 spiro atoms. The normalized spacial score (nSPS) is 22.4. The Morgan fingerprint density at radius 2 is 2.10 bits per heavy atom. The molecule has 2 unspecified atom stereocenters. The lowest BCUT2D eigenvalue weighted by atomic mass is 10.2. The lowest BCUT2D eigenvalue weighted by molar-refractivity contribution is 0.0916. The van der Waals surface area contributed by atoms with Crippen LogP contribution < -0.4 is 15.2 Å². The SMILES string of the molecule is COc1cc(CN)ccc1S(=O)(=O)NC1CCCC1OC. The highest BCUT2D eigenvalue weighted by Crippen LogP contribution is 2.28. The fourth-order valence-electron chi connectivity index (χ4n) is 2.67. The van der Waals surface area contributed by atoms with Crippen LogP contribution >= 0.6 is 0 Å². The van der Waals surface area contributed by atoms with E-state index in [-0.39, 0.29) is 17.0 Å². The Morgan fingerprint density at radius 3 is 2.71 bits per heavy atom. The van der Waals surface area contributed by atoms with Gasteiger partial charge in [0.25, 0.3) is 0 Å². The molecule has 0 aromatic heterocycles. The molecule has 0 aliphatic heterocycles. The zero-order chi connectivity index (χ0) is 15.5. The minimum atomic E-state index is -3.65. The molecule has 0 radical (unpaired) electrons. The van der Waals surface area contributed by atoms with E-state index in [9.17, 15) is 8.42 Å². The van der Waals surface area contributed by atoms with Crippen LogP contribution in [-0.2, 0) is 21.3 Å². The van der Waals surface area contributed by atoms with E-state index in [0.29, 0.717) is 12.3 Å². The molecule has 7 heteroatoms. The van der Waals surface area contributed by atoms with Crippen molar-refractivity contribution >= 4 is 10.0 Å². The van der Waals surface area contributed by atoms with Gasteiger partial charge in [-0.1, -0.05) is 6.07 Å². The second-order valence-corrected chi connectivity index (χ2v) is 6.80. The van der Waals surface area contributed by atoms with Crippen LogP contribution in [0.5, 0.6) is 5.75 Å². The van der Waals surface area contributed by atoms with E-state index >= 15 is 0 Å². The summed E-state index contributed by atoms with van der Waals surface area (Å²) in [4.78, 5) is 0.129. The minimum absolute atomic E-state index is 0.0749. The maximum Gasteiger partial charge on any atom is 0.244 e. The van der Waals surface area contributed by atoms with E-state index < -0.39 is 10.0 Å². The van der Waals surface area contributed by atoms with Gasteiger partial charge in [-0.05, 0) is 37.0 Å². The number of hydrogen-bond acceptors (Lipinski definition) is 5. The summed E-state index contributed by atoms with van der Waals surface area (Å²) < 4.78 is 38.3. The third-order valence-electron chi connectivity index (χ3n) is 3.82. The predicted molar refractivity (Wildman–Crippen MR) is 79.6 cm³/mol. The Kier molecular flexibility index (Phi) is 5.21. The molecule has 2 atom stereocenters. The molecular formula is C14H22N2O4S. The van der Waals surface area contributed by atoms with Gasteiger partial charge in [0, 0.05) is 19.7 Å². The summed E-state index contributed by atoms with van der Waals surface area (Å²) in [6.45, 7) is 0.332. The Bertz CT molecular complexity index is 589. The highest BCUT2D eigenvalue weighted by atomic mass is 32.2. The van der Waals surface area contributed by atoms with Crippen molar-refractivity contribution in [2.75, 3.05) is 14.2 Å². The maximum absolute atomic E-state index is 12.6. The van der Waals surface area contributed by atoms with E-state index in [1.54, 1.807) is 19.2 Å². The number of hydrogen-bond donors (Lipinski definition) is 2. The van der Waals surface area contributed by atoms with Crippen LogP contribution in [0.15, 0.2) is 23.1 Å². The van der Waals surface area contributed by atoms with Gasteiger partial charge in [0.15, 0.2) is 0 Å². The standard InChI is InChI=1S/C14H22N2O4S/c1-19-12-5-3-4-11(12)16-21(17,18)14-7-6-10(9-15)8-13(14)20-2/h6-8,11-12,16H,3-5,9,15H2,1-2H3. The third kappa shape index (κ3) is 3.55. The average molecular weight is 314 g/mol. The number of ether oxygens (including phenoxy) is 2. The molecule has 118 valence electrons. The van der Waals surface area contributed by atoms with Gasteiger partial charge in [0.1, 0.15) is 10.6 Å². The molecule has 6 nitrogen and oxygen atoms in total. The first-order chi connectivity index (χ1) is 10.0. The predicted octanol–water partition coefficient (Wildman–Crippen LogP) is 1.000. The summed E-state index contributed by atoms with van der Waals surface area (Å²) in [6, 6.07) is 4.68. The molecule has 0 bridgehead atoms. The van der Waals surface area contributed by atoms with Gasteiger partial charge in [-0.2, -0.15) is 0 Å². The number of nitrogens with one attached hydrogen (secondary N) is 1. The number of rotatable bonds is 6. The van der Waals surface area contributed by atoms with Gasteiger partial charge in [-0.15, -0.1) is 0 Å². The molecule has 1 saturated carbocycles. The van der Waals surface area contributed by atoms with Gasteiger partial charge >= 0.3 is 0 Å². The molecule has 3 N–H and O–H groups in total. The molecule has 2 rings (SSSR count). The summed E-state index contributed by atoms with van der Waals surface area (Å²) in [6.07, 6.45) is 2.53. The van der Waals surface area contributed by atoms with Crippen molar-refractivity contribution in [1.29, 1.82) is 0 Å². The number of sulfonamides is 1. The second-order valence-electron chi connectivity index (χ2n) is 5.12. The molecule has 0 amide bonds. The van der Waals surface area contributed by atoms with Crippen LogP contribution in [0.25, 0.3) is 0 Å². The topological polar surface area (TPSA) is 90.7 Å². The molecule has 1 aromatic carbocycles. The lowest BCUT2D eigenvalue weighted by Gasteiger charge is -2.20. The van der Waals surface area contributed by atoms with Crippen LogP contribution in [0, 0.1) is 0 Å². The van der Waals surface area contributed by atoms with E-state index in [1.165, 1.54) is 13.2 Å². The fraction of sp³-hybridized carbons (Fsp3) is 0.571. The van der Waals surface area contributed by atoms with Crippen molar-refractivity contribution in [3.8, 4) is 5.75 Å². The Morgan fingerprint density at radius 1 is 1.33 bits per heavy atom. The van der Waals surface area contributed by atoms with E-state index in [1.807, 2.05) is 0 Å². The summed E-state index contributed by atoms with van der Waals surface area (Å²) in [5.41, 5.74) is 6.38. The largest absolute Gasteiger partial charge is 0.495 e. The van der Waals surface area contributed by atoms with Crippen molar-refractivity contribution in [1.82, 2.24) is 4.72 Å². The molecular weight excluding hydrogens is 292 g/mol. The Labute approximate surface area is 125 Å². The third-order valence-corrected chi connectivity index (χ3v) is 5.34.